The topological polar surface area (TPSA) is 69.6 Å². The number of aliphatic carboxylic acids is 1. The highest BCUT2D eigenvalue weighted by molar-refractivity contribution is 5.82. The van der Waals surface area contributed by atoms with Gasteiger partial charge in [-0.3, -0.25) is 0 Å². The summed E-state index contributed by atoms with van der Waals surface area (Å²) in [4.78, 5) is 23.1. The lowest BCUT2D eigenvalue weighted by molar-refractivity contribution is -0.139. The van der Waals surface area contributed by atoms with Crippen LogP contribution in [0.25, 0.3) is 0 Å². The molecule has 0 aromatic heterocycles. The summed E-state index contributed by atoms with van der Waals surface area (Å²) in [6.07, 6.45) is -4.55. The summed E-state index contributed by atoms with van der Waals surface area (Å²) < 4.78 is 36.5. The van der Waals surface area contributed by atoms with Crippen LogP contribution in [-0.4, -0.2) is 47.8 Å². The van der Waals surface area contributed by atoms with Crippen LogP contribution in [0.1, 0.15) is 5.56 Å². The van der Waals surface area contributed by atoms with Crippen molar-refractivity contribution in [3.05, 3.63) is 35.9 Å². The van der Waals surface area contributed by atoms with Crippen LogP contribution in [0.5, 0.6) is 0 Å². The average Bonchev–Trinajstić information content (AvgIpc) is 2.36. The summed E-state index contributed by atoms with van der Waals surface area (Å²) in [6, 6.07) is 6.10. The molecule has 116 valence electrons. The van der Waals surface area contributed by atoms with E-state index in [2.05, 4.69) is 5.32 Å². The molecule has 1 aromatic carbocycles. The lowest BCUT2D eigenvalue weighted by Crippen LogP contribution is -2.49. The molecule has 0 radical (unpaired) electrons. The number of hydrogen-bond acceptors (Lipinski definition) is 2. The van der Waals surface area contributed by atoms with Crippen molar-refractivity contribution in [1.29, 1.82) is 0 Å². The number of amides is 2. The highest BCUT2D eigenvalue weighted by Crippen LogP contribution is 2.15. The van der Waals surface area contributed by atoms with Gasteiger partial charge in [-0.25, -0.2) is 9.59 Å². The van der Waals surface area contributed by atoms with E-state index in [9.17, 15) is 22.8 Å². The van der Waals surface area contributed by atoms with Gasteiger partial charge >= 0.3 is 18.2 Å². The van der Waals surface area contributed by atoms with Crippen LogP contribution in [0.15, 0.2) is 30.3 Å². The third-order valence-corrected chi connectivity index (χ3v) is 2.64. The number of carboxylic acids is 1. The molecule has 5 nitrogen and oxygen atoms in total. The average molecular weight is 304 g/mol. The highest BCUT2D eigenvalue weighted by Gasteiger charge is 2.32. The standard InChI is InChI=1S/C13H15F3N2O3/c1-18(8-13(14,15)16)12(21)17-10(11(19)20)7-9-5-3-2-4-6-9/h2-6,10H,7-8H2,1H3,(H,17,21)(H,19,20)/t10-/m0/s1. The van der Waals surface area contributed by atoms with Crippen molar-refractivity contribution in [2.75, 3.05) is 13.6 Å². The smallest absolute Gasteiger partial charge is 0.406 e. The molecule has 2 N–H and O–H groups in total. The van der Waals surface area contributed by atoms with E-state index in [0.717, 1.165) is 7.05 Å². The minimum absolute atomic E-state index is 0.0121. The van der Waals surface area contributed by atoms with Crippen LogP contribution < -0.4 is 5.32 Å². The monoisotopic (exact) mass is 304 g/mol. The zero-order valence-corrected chi connectivity index (χ0v) is 11.2. The maximum Gasteiger partial charge on any atom is 0.406 e. The van der Waals surface area contributed by atoms with Crippen LogP contribution in [0, 0.1) is 0 Å². The minimum Gasteiger partial charge on any atom is -0.480 e. The summed E-state index contributed by atoms with van der Waals surface area (Å²) in [7, 11) is 0.949. The van der Waals surface area contributed by atoms with Crippen molar-refractivity contribution in [1.82, 2.24) is 10.2 Å². The molecule has 8 heteroatoms. The molecular weight excluding hydrogens is 289 g/mol. The number of alkyl halides is 3. The Morgan fingerprint density at radius 3 is 2.33 bits per heavy atom. The van der Waals surface area contributed by atoms with Gasteiger partial charge in [0.05, 0.1) is 0 Å². The first-order chi connectivity index (χ1) is 9.69. The second kappa shape index (κ2) is 6.96. The Balaban J connectivity index is 2.66. The number of hydrogen-bond donors (Lipinski definition) is 2. The first-order valence-corrected chi connectivity index (χ1v) is 6.04. The van der Waals surface area contributed by atoms with Crippen molar-refractivity contribution in [3.63, 3.8) is 0 Å². The van der Waals surface area contributed by atoms with Crippen LogP contribution in [0.4, 0.5) is 18.0 Å². The summed E-state index contributed by atoms with van der Waals surface area (Å²) in [5.74, 6) is -1.31. The Morgan fingerprint density at radius 1 is 1.29 bits per heavy atom. The Bertz CT molecular complexity index is 491. The van der Waals surface area contributed by atoms with Crippen LogP contribution in [0.3, 0.4) is 0 Å². The molecule has 2 amide bonds. The van der Waals surface area contributed by atoms with Crippen molar-refractivity contribution in [2.45, 2.75) is 18.6 Å². The highest BCUT2D eigenvalue weighted by atomic mass is 19.4. The SMILES string of the molecule is CN(CC(F)(F)F)C(=O)N[C@@H](Cc1ccccc1)C(=O)O. The van der Waals surface area contributed by atoms with Crippen molar-refractivity contribution >= 4 is 12.0 Å². The van der Waals surface area contributed by atoms with E-state index < -0.39 is 30.8 Å². The third kappa shape index (κ3) is 6.15. The summed E-state index contributed by atoms with van der Waals surface area (Å²) >= 11 is 0. The van der Waals surface area contributed by atoms with Crippen molar-refractivity contribution in [2.24, 2.45) is 0 Å². The molecular formula is C13H15F3N2O3. The summed E-state index contributed by atoms with van der Waals surface area (Å²) in [6.45, 7) is -1.45. The molecule has 0 spiro atoms. The van der Waals surface area contributed by atoms with E-state index in [4.69, 9.17) is 5.11 Å². The van der Waals surface area contributed by atoms with Crippen LogP contribution in [-0.2, 0) is 11.2 Å². The molecule has 0 aliphatic heterocycles. The fraction of sp³-hybridized carbons (Fsp3) is 0.385. The van der Waals surface area contributed by atoms with Gasteiger partial charge in [0.2, 0.25) is 0 Å². The number of carbonyl (C=O) groups is 2. The van der Waals surface area contributed by atoms with Gasteiger partial charge in [0.1, 0.15) is 12.6 Å². The third-order valence-electron chi connectivity index (χ3n) is 2.64. The molecule has 0 bridgehead atoms. The normalized spacial score (nSPS) is 12.6. The second-order valence-electron chi connectivity index (χ2n) is 4.50. The quantitative estimate of drug-likeness (QED) is 0.872. The molecule has 1 aromatic rings. The first-order valence-electron chi connectivity index (χ1n) is 6.04. The Hall–Kier alpha value is -2.25. The van der Waals surface area contributed by atoms with Crippen molar-refractivity contribution < 1.29 is 27.9 Å². The van der Waals surface area contributed by atoms with E-state index in [1.807, 2.05) is 0 Å². The lowest BCUT2D eigenvalue weighted by atomic mass is 10.1. The second-order valence-corrected chi connectivity index (χ2v) is 4.50. The van der Waals surface area contributed by atoms with E-state index >= 15 is 0 Å². The van der Waals surface area contributed by atoms with Crippen LogP contribution >= 0.6 is 0 Å². The van der Waals surface area contributed by atoms with Gasteiger partial charge in [-0.05, 0) is 5.56 Å². The van der Waals surface area contributed by atoms with E-state index in [1.54, 1.807) is 30.3 Å². The Labute approximate surface area is 119 Å². The maximum absolute atomic E-state index is 12.2. The van der Waals surface area contributed by atoms with Gasteiger partial charge in [0.15, 0.2) is 0 Å². The largest absolute Gasteiger partial charge is 0.480 e. The lowest BCUT2D eigenvalue weighted by Gasteiger charge is -2.22. The fourth-order valence-corrected chi connectivity index (χ4v) is 1.65. The van der Waals surface area contributed by atoms with E-state index in [-0.39, 0.29) is 6.42 Å². The number of halogens is 3. The maximum atomic E-state index is 12.2. The molecule has 0 saturated heterocycles. The van der Waals surface area contributed by atoms with E-state index in [1.165, 1.54) is 0 Å². The minimum atomic E-state index is -4.54. The summed E-state index contributed by atoms with van der Waals surface area (Å²) in [5, 5.41) is 11.1. The van der Waals surface area contributed by atoms with Gasteiger partial charge in [-0.1, -0.05) is 30.3 Å². The number of benzene rings is 1. The number of nitrogens with zero attached hydrogens (tertiary/aromatic N) is 1. The van der Waals surface area contributed by atoms with Gasteiger partial charge in [0, 0.05) is 13.5 Å². The molecule has 0 aliphatic rings. The summed E-state index contributed by atoms with van der Waals surface area (Å²) in [5.41, 5.74) is 0.656. The molecule has 1 rings (SSSR count). The van der Waals surface area contributed by atoms with Crippen molar-refractivity contribution in [3.8, 4) is 0 Å². The Morgan fingerprint density at radius 2 is 1.86 bits per heavy atom. The zero-order chi connectivity index (χ0) is 16.0. The van der Waals surface area contributed by atoms with Gasteiger partial charge in [-0.15, -0.1) is 0 Å². The van der Waals surface area contributed by atoms with E-state index in [0.29, 0.717) is 10.5 Å². The molecule has 0 aliphatic carbocycles. The Kier molecular flexibility index (Phi) is 5.57. The fourth-order valence-electron chi connectivity index (χ4n) is 1.65. The number of carbonyl (C=O) groups excluding carboxylic acids is 1. The number of rotatable bonds is 5. The number of carboxylic acid groups (broad SMARTS) is 1. The molecule has 0 heterocycles. The number of urea groups is 1. The predicted octanol–water partition coefficient (Wildman–Crippen LogP) is 1.89. The van der Waals surface area contributed by atoms with Gasteiger partial charge < -0.3 is 15.3 Å². The first kappa shape index (κ1) is 16.8. The molecule has 0 unspecified atom stereocenters. The van der Waals surface area contributed by atoms with Gasteiger partial charge in [0.25, 0.3) is 0 Å². The molecule has 21 heavy (non-hydrogen) atoms. The zero-order valence-electron chi connectivity index (χ0n) is 11.2. The molecule has 1 atom stereocenters. The molecule has 0 fully saturated rings. The van der Waals surface area contributed by atoms with Gasteiger partial charge in [-0.2, -0.15) is 13.2 Å². The predicted molar refractivity (Wildman–Crippen MR) is 68.8 cm³/mol. The molecule has 0 saturated carbocycles. The van der Waals surface area contributed by atoms with Crippen LogP contribution in [0.2, 0.25) is 0 Å². The number of nitrogens with one attached hydrogen (secondary N) is 1.